The maximum absolute atomic E-state index is 12.0. The van der Waals surface area contributed by atoms with Crippen molar-refractivity contribution >= 4 is 17.3 Å². The first-order valence-corrected chi connectivity index (χ1v) is 8.50. The molecule has 1 aromatic carbocycles. The average molecular weight is 317 g/mol. The number of benzene rings is 1. The van der Waals surface area contributed by atoms with Crippen LogP contribution in [0.2, 0.25) is 0 Å². The van der Waals surface area contributed by atoms with Crippen LogP contribution >= 0.6 is 0 Å². The number of carbonyl (C=O) groups is 1. The Morgan fingerprint density at radius 1 is 1.17 bits per heavy atom. The van der Waals surface area contributed by atoms with Crippen molar-refractivity contribution in [2.24, 2.45) is 0 Å². The number of nitrogens with zero attached hydrogens (tertiary/aromatic N) is 3. The van der Waals surface area contributed by atoms with E-state index in [-0.39, 0.29) is 5.91 Å². The zero-order valence-corrected chi connectivity index (χ0v) is 14.4. The molecule has 0 unspecified atom stereocenters. The topological polar surface area (TPSA) is 36.0 Å². The highest BCUT2D eigenvalue weighted by molar-refractivity contribution is 5.96. The Morgan fingerprint density at radius 3 is 2.48 bits per heavy atom. The molecule has 0 aliphatic carbocycles. The van der Waals surface area contributed by atoms with Gasteiger partial charge in [0.15, 0.2) is 0 Å². The van der Waals surface area contributed by atoms with Gasteiger partial charge in [-0.1, -0.05) is 0 Å². The number of hydrogen-bond acceptors (Lipinski definition) is 4. The van der Waals surface area contributed by atoms with E-state index in [2.05, 4.69) is 30.0 Å². The number of amides is 1. The lowest BCUT2D eigenvalue weighted by atomic mass is 10.0. The zero-order chi connectivity index (χ0) is 16.4. The van der Waals surface area contributed by atoms with Crippen molar-refractivity contribution in [1.82, 2.24) is 4.90 Å². The van der Waals surface area contributed by atoms with E-state index in [4.69, 9.17) is 4.74 Å². The molecule has 5 nitrogen and oxygen atoms in total. The number of anilines is 2. The first-order chi connectivity index (χ1) is 11.1. The molecule has 0 spiro atoms. The predicted octanol–water partition coefficient (Wildman–Crippen LogP) is 2.35. The average Bonchev–Trinajstić information content (AvgIpc) is 3.00. The van der Waals surface area contributed by atoms with Crippen LogP contribution in [0.15, 0.2) is 18.2 Å². The fourth-order valence-corrected chi connectivity index (χ4v) is 3.64. The van der Waals surface area contributed by atoms with Gasteiger partial charge in [0.1, 0.15) is 5.75 Å². The van der Waals surface area contributed by atoms with Crippen LogP contribution in [0.4, 0.5) is 11.4 Å². The third-order valence-electron chi connectivity index (χ3n) is 5.08. The Kier molecular flexibility index (Phi) is 4.76. The molecule has 126 valence electrons. The van der Waals surface area contributed by atoms with Crippen LogP contribution in [0.1, 0.15) is 25.7 Å². The van der Waals surface area contributed by atoms with Gasteiger partial charge in [-0.25, -0.2) is 0 Å². The molecule has 0 bridgehead atoms. The summed E-state index contributed by atoms with van der Waals surface area (Å²) in [7, 11) is 6.02. The highest BCUT2D eigenvalue weighted by atomic mass is 16.5. The second-order valence-electron chi connectivity index (χ2n) is 6.69. The van der Waals surface area contributed by atoms with Gasteiger partial charge in [-0.2, -0.15) is 0 Å². The van der Waals surface area contributed by atoms with E-state index >= 15 is 0 Å². The molecule has 2 aliphatic heterocycles. The molecule has 0 aromatic heterocycles. The lowest BCUT2D eigenvalue weighted by molar-refractivity contribution is -0.117. The molecule has 2 fully saturated rings. The summed E-state index contributed by atoms with van der Waals surface area (Å²) in [6.45, 7) is 2.88. The lowest BCUT2D eigenvalue weighted by Crippen LogP contribution is -2.42. The van der Waals surface area contributed by atoms with Gasteiger partial charge in [-0.15, -0.1) is 0 Å². The smallest absolute Gasteiger partial charge is 0.227 e. The van der Waals surface area contributed by atoms with Crippen LogP contribution in [0.25, 0.3) is 0 Å². The van der Waals surface area contributed by atoms with Gasteiger partial charge in [0.25, 0.3) is 0 Å². The maximum atomic E-state index is 12.0. The fourth-order valence-electron chi connectivity index (χ4n) is 3.64. The molecule has 23 heavy (non-hydrogen) atoms. The number of hydrogen-bond donors (Lipinski definition) is 0. The summed E-state index contributed by atoms with van der Waals surface area (Å²) in [5, 5.41) is 0. The van der Waals surface area contributed by atoms with Crippen LogP contribution in [-0.2, 0) is 4.79 Å². The first kappa shape index (κ1) is 16.1. The molecule has 3 rings (SSSR count). The number of methoxy groups -OCH3 is 1. The van der Waals surface area contributed by atoms with Gasteiger partial charge in [-0.05, 0) is 51.6 Å². The molecule has 2 heterocycles. The van der Waals surface area contributed by atoms with Gasteiger partial charge in [0, 0.05) is 37.8 Å². The van der Waals surface area contributed by atoms with Crippen molar-refractivity contribution < 1.29 is 9.53 Å². The van der Waals surface area contributed by atoms with E-state index in [1.54, 1.807) is 7.11 Å². The maximum Gasteiger partial charge on any atom is 0.227 e. The Labute approximate surface area is 138 Å². The number of carbonyl (C=O) groups excluding carboxylic acids is 1. The number of rotatable bonds is 4. The third kappa shape index (κ3) is 3.29. The molecule has 1 aromatic rings. The minimum absolute atomic E-state index is 0.229. The third-order valence-corrected chi connectivity index (χ3v) is 5.08. The molecule has 0 radical (unpaired) electrons. The van der Waals surface area contributed by atoms with E-state index in [9.17, 15) is 4.79 Å². The number of ether oxygens (including phenoxy) is 1. The molecule has 0 saturated carbocycles. The van der Waals surface area contributed by atoms with Crippen molar-refractivity contribution in [3.8, 4) is 5.75 Å². The van der Waals surface area contributed by atoms with Gasteiger partial charge in [0.2, 0.25) is 5.91 Å². The molecular weight excluding hydrogens is 290 g/mol. The number of piperidine rings is 1. The summed E-state index contributed by atoms with van der Waals surface area (Å²) >= 11 is 0. The van der Waals surface area contributed by atoms with Crippen molar-refractivity contribution in [2.75, 3.05) is 50.6 Å². The molecule has 1 amide bonds. The summed E-state index contributed by atoms with van der Waals surface area (Å²) in [6.07, 6.45) is 3.93. The summed E-state index contributed by atoms with van der Waals surface area (Å²) in [5.74, 6) is 1.12. The van der Waals surface area contributed by atoms with Crippen LogP contribution in [0.3, 0.4) is 0 Å². The van der Waals surface area contributed by atoms with Gasteiger partial charge >= 0.3 is 0 Å². The summed E-state index contributed by atoms with van der Waals surface area (Å²) < 4.78 is 5.56. The Bertz CT molecular complexity index is 565. The van der Waals surface area contributed by atoms with Crippen LogP contribution in [0.5, 0.6) is 5.75 Å². The van der Waals surface area contributed by atoms with E-state index in [1.165, 1.54) is 0 Å². The summed E-state index contributed by atoms with van der Waals surface area (Å²) in [6, 6.07) is 6.77. The van der Waals surface area contributed by atoms with Crippen LogP contribution in [0, 0.1) is 0 Å². The van der Waals surface area contributed by atoms with Crippen LogP contribution in [-0.4, -0.2) is 57.7 Å². The lowest BCUT2D eigenvalue weighted by Gasteiger charge is -2.37. The molecule has 0 atom stereocenters. The molecule has 0 N–H and O–H groups in total. The van der Waals surface area contributed by atoms with Gasteiger partial charge in [-0.3, -0.25) is 4.79 Å². The predicted molar refractivity (Wildman–Crippen MR) is 93.5 cm³/mol. The normalized spacial score (nSPS) is 19.7. The quantitative estimate of drug-likeness (QED) is 0.854. The molecule has 2 aliphatic rings. The van der Waals surface area contributed by atoms with Crippen molar-refractivity contribution in [3.05, 3.63) is 18.2 Å². The second kappa shape index (κ2) is 6.79. The molecular formula is C18H27N3O2. The van der Waals surface area contributed by atoms with E-state index in [1.807, 2.05) is 17.0 Å². The SMILES string of the molecule is COc1ccc(N2CCCC2=O)cc1N1CCC(N(C)C)CC1. The van der Waals surface area contributed by atoms with Crippen molar-refractivity contribution in [3.63, 3.8) is 0 Å². The largest absolute Gasteiger partial charge is 0.495 e. The van der Waals surface area contributed by atoms with Crippen molar-refractivity contribution in [2.45, 2.75) is 31.7 Å². The first-order valence-electron chi connectivity index (χ1n) is 8.50. The Hall–Kier alpha value is -1.75. The second-order valence-corrected chi connectivity index (χ2v) is 6.69. The highest BCUT2D eigenvalue weighted by Crippen LogP contribution is 2.35. The standard InChI is InChI=1S/C18H27N3O2/c1-19(2)14-8-11-20(12-9-14)16-13-15(6-7-17(16)23-3)21-10-4-5-18(21)22/h6-7,13-14H,4-5,8-12H2,1-3H3. The van der Waals surface area contributed by atoms with Gasteiger partial charge < -0.3 is 19.4 Å². The van der Waals surface area contributed by atoms with Crippen LogP contribution < -0.4 is 14.5 Å². The monoisotopic (exact) mass is 317 g/mol. The minimum atomic E-state index is 0.229. The van der Waals surface area contributed by atoms with Crippen molar-refractivity contribution in [1.29, 1.82) is 0 Å². The molecule has 5 heteroatoms. The van der Waals surface area contributed by atoms with Gasteiger partial charge in [0.05, 0.1) is 12.8 Å². The minimum Gasteiger partial charge on any atom is -0.495 e. The van der Waals surface area contributed by atoms with E-state index in [0.717, 1.165) is 56.0 Å². The highest BCUT2D eigenvalue weighted by Gasteiger charge is 2.26. The molecule has 2 saturated heterocycles. The summed E-state index contributed by atoms with van der Waals surface area (Å²) in [4.78, 5) is 18.6. The summed E-state index contributed by atoms with van der Waals surface area (Å²) in [5.41, 5.74) is 2.11. The van der Waals surface area contributed by atoms with E-state index < -0.39 is 0 Å². The Morgan fingerprint density at radius 2 is 1.91 bits per heavy atom. The zero-order valence-electron chi connectivity index (χ0n) is 14.4. The fraction of sp³-hybridized carbons (Fsp3) is 0.611. The Balaban J connectivity index is 1.81. The van der Waals surface area contributed by atoms with E-state index in [0.29, 0.717) is 12.5 Å².